The lowest BCUT2D eigenvalue weighted by Crippen LogP contribution is -2.38. The van der Waals surface area contributed by atoms with Gasteiger partial charge in [-0.05, 0) is 43.0 Å². The van der Waals surface area contributed by atoms with Crippen molar-refractivity contribution in [2.24, 2.45) is 5.92 Å². The highest BCUT2D eigenvalue weighted by atomic mass is 32.2. The second kappa shape index (κ2) is 7.58. The third-order valence-electron chi connectivity index (χ3n) is 3.78. The predicted molar refractivity (Wildman–Crippen MR) is 83.3 cm³/mol. The Labute approximate surface area is 125 Å². The second-order valence-electron chi connectivity index (χ2n) is 5.34. The van der Waals surface area contributed by atoms with Crippen LogP contribution in [0.15, 0.2) is 29.2 Å². The number of hydrogen-bond acceptors (Lipinski definition) is 3. The highest BCUT2D eigenvalue weighted by Crippen LogP contribution is 2.23. The number of carbonyl (C=O) groups excluding carboxylic acids is 1. The van der Waals surface area contributed by atoms with E-state index in [-0.39, 0.29) is 0 Å². The Balaban J connectivity index is 1.70. The van der Waals surface area contributed by atoms with Crippen LogP contribution in [0.3, 0.4) is 0 Å². The molecule has 1 aliphatic rings. The number of methoxy groups -OCH3 is 1. The van der Waals surface area contributed by atoms with E-state index in [1.807, 2.05) is 29.2 Å². The van der Waals surface area contributed by atoms with Crippen LogP contribution in [-0.4, -0.2) is 36.8 Å². The zero-order valence-corrected chi connectivity index (χ0v) is 13.1. The first-order chi connectivity index (χ1) is 9.69. The molecule has 1 amide bonds. The van der Waals surface area contributed by atoms with E-state index in [4.69, 9.17) is 4.74 Å². The van der Waals surface area contributed by atoms with Gasteiger partial charge in [-0.3, -0.25) is 4.79 Å². The number of ether oxygens (including phenoxy) is 1. The summed E-state index contributed by atoms with van der Waals surface area (Å²) in [5.74, 6) is 2.79. The lowest BCUT2D eigenvalue weighted by molar-refractivity contribution is -0.132. The number of nitrogens with zero attached hydrogens (tertiary/aromatic N) is 1. The number of hydrogen-bond donors (Lipinski definition) is 0. The standard InChI is InChI=1S/C16H23NO2S/c1-13-7-10-17(11-8-13)16(18)9-12-20-15-5-3-14(19-2)4-6-15/h3-6,13H,7-12H2,1-2H3. The SMILES string of the molecule is COc1ccc(SCCC(=O)N2CCC(C)CC2)cc1. The quantitative estimate of drug-likeness (QED) is 0.779. The molecule has 3 nitrogen and oxygen atoms in total. The summed E-state index contributed by atoms with van der Waals surface area (Å²) < 4.78 is 5.13. The molecular weight excluding hydrogens is 270 g/mol. The fraction of sp³-hybridized carbons (Fsp3) is 0.562. The number of rotatable bonds is 5. The smallest absolute Gasteiger partial charge is 0.223 e. The van der Waals surface area contributed by atoms with Gasteiger partial charge in [-0.2, -0.15) is 0 Å². The van der Waals surface area contributed by atoms with Crippen molar-refractivity contribution in [3.8, 4) is 5.75 Å². The molecule has 20 heavy (non-hydrogen) atoms. The Kier molecular flexibility index (Phi) is 5.77. The average molecular weight is 293 g/mol. The monoisotopic (exact) mass is 293 g/mol. The maximum absolute atomic E-state index is 12.1. The third-order valence-corrected chi connectivity index (χ3v) is 4.79. The Bertz CT molecular complexity index is 425. The molecule has 0 unspecified atom stereocenters. The molecule has 2 rings (SSSR count). The Hall–Kier alpha value is -1.16. The average Bonchev–Trinajstić information content (AvgIpc) is 2.48. The van der Waals surface area contributed by atoms with Crippen molar-refractivity contribution in [3.63, 3.8) is 0 Å². The van der Waals surface area contributed by atoms with Gasteiger partial charge in [-0.25, -0.2) is 0 Å². The van der Waals surface area contributed by atoms with Gasteiger partial charge in [0.25, 0.3) is 0 Å². The van der Waals surface area contributed by atoms with Crippen LogP contribution in [0.4, 0.5) is 0 Å². The van der Waals surface area contributed by atoms with E-state index in [1.165, 1.54) is 4.90 Å². The van der Waals surface area contributed by atoms with E-state index in [2.05, 4.69) is 6.92 Å². The topological polar surface area (TPSA) is 29.5 Å². The Morgan fingerprint density at radius 3 is 2.55 bits per heavy atom. The highest BCUT2D eigenvalue weighted by molar-refractivity contribution is 7.99. The number of amides is 1. The zero-order valence-electron chi connectivity index (χ0n) is 12.3. The van der Waals surface area contributed by atoms with E-state index < -0.39 is 0 Å². The second-order valence-corrected chi connectivity index (χ2v) is 6.51. The summed E-state index contributed by atoms with van der Waals surface area (Å²) in [6.45, 7) is 4.14. The van der Waals surface area contributed by atoms with Gasteiger partial charge in [0.05, 0.1) is 7.11 Å². The molecule has 0 spiro atoms. The number of carbonyl (C=O) groups is 1. The fourth-order valence-corrected chi connectivity index (χ4v) is 3.19. The van der Waals surface area contributed by atoms with Gasteiger partial charge in [-0.15, -0.1) is 11.8 Å². The van der Waals surface area contributed by atoms with Gasteiger partial charge < -0.3 is 9.64 Å². The van der Waals surface area contributed by atoms with Gasteiger partial charge in [0.1, 0.15) is 5.75 Å². The first kappa shape index (κ1) is 15.2. The van der Waals surface area contributed by atoms with Gasteiger partial charge in [0.2, 0.25) is 5.91 Å². The minimum atomic E-state index is 0.304. The first-order valence-corrected chi connectivity index (χ1v) is 8.22. The molecule has 1 aromatic rings. The lowest BCUT2D eigenvalue weighted by Gasteiger charge is -2.30. The van der Waals surface area contributed by atoms with Crippen molar-refractivity contribution in [3.05, 3.63) is 24.3 Å². The minimum absolute atomic E-state index is 0.304. The first-order valence-electron chi connectivity index (χ1n) is 7.23. The van der Waals surface area contributed by atoms with E-state index in [9.17, 15) is 4.79 Å². The Morgan fingerprint density at radius 1 is 1.30 bits per heavy atom. The van der Waals surface area contributed by atoms with E-state index in [0.717, 1.165) is 43.4 Å². The molecule has 4 heteroatoms. The lowest BCUT2D eigenvalue weighted by atomic mass is 9.99. The summed E-state index contributed by atoms with van der Waals surface area (Å²) in [4.78, 5) is 15.3. The molecule has 1 aliphatic heterocycles. The molecule has 0 aromatic heterocycles. The maximum Gasteiger partial charge on any atom is 0.223 e. The van der Waals surface area contributed by atoms with Crippen LogP contribution in [-0.2, 0) is 4.79 Å². The summed E-state index contributed by atoms with van der Waals surface area (Å²) >= 11 is 1.73. The van der Waals surface area contributed by atoms with Crippen LogP contribution in [0, 0.1) is 5.92 Å². The van der Waals surface area contributed by atoms with Crippen LogP contribution >= 0.6 is 11.8 Å². The molecule has 0 saturated carbocycles. The molecule has 0 atom stereocenters. The van der Waals surface area contributed by atoms with Crippen LogP contribution in [0.5, 0.6) is 5.75 Å². The van der Waals surface area contributed by atoms with E-state index >= 15 is 0 Å². The molecule has 1 fully saturated rings. The zero-order chi connectivity index (χ0) is 14.4. The van der Waals surface area contributed by atoms with Crippen molar-refractivity contribution in [2.75, 3.05) is 26.0 Å². The molecule has 0 bridgehead atoms. The predicted octanol–water partition coefficient (Wildman–Crippen LogP) is 3.44. The molecular formula is C16H23NO2S. The van der Waals surface area contributed by atoms with Crippen LogP contribution in [0.1, 0.15) is 26.2 Å². The summed E-state index contributed by atoms with van der Waals surface area (Å²) in [6.07, 6.45) is 2.93. The van der Waals surface area contributed by atoms with Crippen molar-refractivity contribution in [1.29, 1.82) is 0 Å². The van der Waals surface area contributed by atoms with Crippen molar-refractivity contribution in [1.82, 2.24) is 4.90 Å². The van der Waals surface area contributed by atoms with Crippen molar-refractivity contribution < 1.29 is 9.53 Å². The number of benzene rings is 1. The molecule has 1 saturated heterocycles. The van der Waals surface area contributed by atoms with E-state index in [0.29, 0.717) is 12.3 Å². The van der Waals surface area contributed by atoms with Gasteiger partial charge >= 0.3 is 0 Å². The van der Waals surface area contributed by atoms with Gasteiger partial charge in [0, 0.05) is 30.2 Å². The molecule has 0 N–H and O–H groups in total. The van der Waals surface area contributed by atoms with Gasteiger partial charge in [0.15, 0.2) is 0 Å². The summed E-state index contributed by atoms with van der Waals surface area (Å²) in [5, 5.41) is 0. The summed E-state index contributed by atoms with van der Waals surface area (Å²) in [7, 11) is 1.67. The largest absolute Gasteiger partial charge is 0.497 e. The minimum Gasteiger partial charge on any atom is -0.497 e. The number of piperidine rings is 1. The van der Waals surface area contributed by atoms with Gasteiger partial charge in [-0.1, -0.05) is 6.92 Å². The van der Waals surface area contributed by atoms with E-state index in [1.54, 1.807) is 18.9 Å². The normalized spacial score (nSPS) is 16.2. The highest BCUT2D eigenvalue weighted by Gasteiger charge is 2.19. The molecule has 0 radical (unpaired) electrons. The number of thioether (sulfide) groups is 1. The third kappa shape index (κ3) is 4.44. The van der Waals surface area contributed by atoms with Crippen LogP contribution in [0.2, 0.25) is 0 Å². The van der Waals surface area contributed by atoms with Crippen molar-refractivity contribution in [2.45, 2.75) is 31.1 Å². The molecule has 1 heterocycles. The van der Waals surface area contributed by atoms with Crippen LogP contribution < -0.4 is 4.74 Å². The number of likely N-dealkylation sites (tertiary alicyclic amines) is 1. The molecule has 110 valence electrons. The summed E-state index contributed by atoms with van der Waals surface area (Å²) in [5.41, 5.74) is 0. The van der Waals surface area contributed by atoms with Crippen molar-refractivity contribution >= 4 is 17.7 Å². The fourth-order valence-electron chi connectivity index (χ4n) is 2.34. The molecule has 0 aliphatic carbocycles. The Morgan fingerprint density at radius 2 is 1.95 bits per heavy atom. The molecule has 1 aromatic carbocycles. The maximum atomic E-state index is 12.1. The summed E-state index contributed by atoms with van der Waals surface area (Å²) in [6, 6.07) is 7.99. The van der Waals surface area contributed by atoms with Crippen LogP contribution in [0.25, 0.3) is 0 Å².